The lowest BCUT2D eigenvalue weighted by atomic mass is 9.83. The quantitative estimate of drug-likeness (QED) is 0.749. The van der Waals surface area contributed by atoms with Crippen LogP contribution in [0.3, 0.4) is 0 Å². The van der Waals surface area contributed by atoms with Gasteiger partial charge in [0, 0.05) is 18.6 Å². The van der Waals surface area contributed by atoms with Crippen LogP contribution in [0.25, 0.3) is 0 Å². The molecule has 0 aromatic rings. The number of aliphatic hydroxyl groups is 1. The maximum absolute atomic E-state index is 12.7. The molecule has 104 valence electrons. The van der Waals surface area contributed by atoms with Gasteiger partial charge in [0.25, 0.3) is 0 Å². The minimum Gasteiger partial charge on any atom is -0.395 e. The van der Waals surface area contributed by atoms with E-state index in [9.17, 15) is 9.90 Å². The molecule has 0 bridgehead atoms. The molecule has 5 heteroatoms. The van der Waals surface area contributed by atoms with E-state index in [1.807, 2.05) is 11.8 Å². The first-order valence-corrected chi connectivity index (χ1v) is 6.85. The molecular formula is C13H24N2O3. The lowest BCUT2D eigenvalue weighted by Gasteiger charge is -2.36. The predicted molar refractivity (Wildman–Crippen MR) is 68.0 cm³/mol. The molecule has 2 unspecified atom stereocenters. The van der Waals surface area contributed by atoms with Gasteiger partial charge >= 0.3 is 0 Å². The zero-order valence-corrected chi connectivity index (χ0v) is 11.1. The highest BCUT2D eigenvalue weighted by Gasteiger charge is 2.47. The summed E-state index contributed by atoms with van der Waals surface area (Å²) >= 11 is 0. The predicted octanol–water partition coefficient (Wildman–Crippen LogP) is 0.114. The zero-order chi connectivity index (χ0) is 13.2. The smallest absolute Gasteiger partial charge is 0.232 e. The van der Waals surface area contributed by atoms with Crippen molar-refractivity contribution in [1.82, 2.24) is 4.90 Å². The second-order valence-corrected chi connectivity index (χ2v) is 5.70. The molecule has 2 aliphatic rings. The van der Waals surface area contributed by atoms with Crippen LogP contribution in [-0.2, 0) is 9.53 Å². The molecule has 3 N–H and O–H groups in total. The summed E-state index contributed by atoms with van der Waals surface area (Å²) in [6.45, 7) is 3.13. The van der Waals surface area contributed by atoms with Crippen molar-refractivity contribution in [3.8, 4) is 0 Å². The van der Waals surface area contributed by atoms with Gasteiger partial charge in [-0.3, -0.25) is 4.79 Å². The molecule has 2 atom stereocenters. The molecule has 0 radical (unpaired) electrons. The van der Waals surface area contributed by atoms with Crippen LogP contribution in [0.15, 0.2) is 0 Å². The maximum Gasteiger partial charge on any atom is 0.232 e. The molecular weight excluding hydrogens is 232 g/mol. The molecule has 5 nitrogen and oxygen atoms in total. The van der Waals surface area contributed by atoms with Gasteiger partial charge in [-0.15, -0.1) is 0 Å². The average Bonchev–Trinajstić information content (AvgIpc) is 2.97. The van der Waals surface area contributed by atoms with Crippen LogP contribution in [0, 0.1) is 5.41 Å². The van der Waals surface area contributed by atoms with E-state index in [-0.39, 0.29) is 24.6 Å². The molecule has 2 rings (SSSR count). The van der Waals surface area contributed by atoms with E-state index in [4.69, 9.17) is 10.5 Å². The van der Waals surface area contributed by atoms with Crippen LogP contribution in [0.4, 0.5) is 0 Å². The molecule has 18 heavy (non-hydrogen) atoms. The second-order valence-electron chi connectivity index (χ2n) is 5.70. The molecule has 1 amide bonds. The van der Waals surface area contributed by atoms with E-state index in [0.29, 0.717) is 19.8 Å². The Balaban J connectivity index is 2.12. The first kappa shape index (κ1) is 13.8. The van der Waals surface area contributed by atoms with E-state index >= 15 is 0 Å². The summed E-state index contributed by atoms with van der Waals surface area (Å²) in [6, 6.07) is 0.0295. The standard InChI is InChI=1S/C13H24N2O3/c1-13(9-18-8-11(13)14)12(17)15(6-7-16)10-4-2-3-5-10/h10-11,16H,2-9,14H2,1H3. The Labute approximate surface area is 108 Å². The molecule has 1 saturated heterocycles. The van der Waals surface area contributed by atoms with Gasteiger partial charge in [0.05, 0.1) is 25.2 Å². The average molecular weight is 256 g/mol. The second kappa shape index (κ2) is 5.55. The Morgan fingerprint density at radius 1 is 1.50 bits per heavy atom. The molecule has 0 aromatic heterocycles. The van der Waals surface area contributed by atoms with Gasteiger partial charge in [0.2, 0.25) is 5.91 Å². The highest BCUT2D eigenvalue weighted by atomic mass is 16.5. The van der Waals surface area contributed by atoms with Crippen molar-refractivity contribution < 1.29 is 14.6 Å². The van der Waals surface area contributed by atoms with Crippen molar-refractivity contribution in [2.75, 3.05) is 26.4 Å². The number of ether oxygens (including phenoxy) is 1. The van der Waals surface area contributed by atoms with Gasteiger partial charge in [-0.2, -0.15) is 0 Å². The monoisotopic (exact) mass is 256 g/mol. The third-order valence-electron chi connectivity index (χ3n) is 4.37. The maximum atomic E-state index is 12.7. The lowest BCUT2D eigenvalue weighted by molar-refractivity contribution is -0.144. The molecule has 1 aliphatic heterocycles. The highest BCUT2D eigenvalue weighted by molar-refractivity contribution is 5.84. The minimum absolute atomic E-state index is 0.00835. The minimum atomic E-state index is -0.627. The van der Waals surface area contributed by atoms with Crippen molar-refractivity contribution in [2.45, 2.75) is 44.7 Å². The number of hydrogen-bond donors (Lipinski definition) is 2. The zero-order valence-electron chi connectivity index (χ0n) is 11.1. The van der Waals surface area contributed by atoms with Crippen LogP contribution in [0.1, 0.15) is 32.6 Å². The molecule has 0 spiro atoms. The number of aliphatic hydroxyl groups excluding tert-OH is 1. The summed E-state index contributed by atoms with van der Waals surface area (Å²) in [4.78, 5) is 14.5. The summed E-state index contributed by atoms with van der Waals surface area (Å²) in [6.07, 6.45) is 4.41. The summed E-state index contributed by atoms with van der Waals surface area (Å²) in [5.74, 6) is 0.0495. The summed E-state index contributed by atoms with van der Waals surface area (Å²) in [7, 11) is 0. The van der Waals surface area contributed by atoms with Gasteiger partial charge < -0.3 is 20.5 Å². The number of carbonyl (C=O) groups excluding carboxylic acids is 1. The number of rotatable bonds is 4. The SMILES string of the molecule is CC1(C(=O)N(CCO)C2CCCC2)COCC1N. The third-order valence-corrected chi connectivity index (χ3v) is 4.37. The van der Waals surface area contributed by atoms with Gasteiger partial charge in [0.1, 0.15) is 0 Å². The van der Waals surface area contributed by atoms with E-state index in [1.165, 1.54) is 12.8 Å². The van der Waals surface area contributed by atoms with Crippen LogP contribution in [-0.4, -0.2) is 54.4 Å². The van der Waals surface area contributed by atoms with Gasteiger partial charge in [-0.05, 0) is 19.8 Å². The molecule has 0 aromatic carbocycles. The van der Waals surface area contributed by atoms with E-state index < -0.39 is 5.41 Å². The first-order valence-electron chi connectivity index (χ1n) is 6.85. The Kier molecular flexibility index (Phi) is 4.25. The largest absolute Gasteiger partial charge is 0.395 e. The Bertz CT molecular complexity index is 305. The number of amides is 1. The fourth-order valence-electron chi connectivity index (χ4n) is 3.01. The summed E-state index contributed by atoms with van der Waals surface area (Å²) in [5.41, 5.74) is 5.38. The normalized spacial score (nSPS) is 32.9. The van der Waals surface area contributed by atoms with Crippen molar-refractivity contribution in [3.05, 3.63) is 0 Å². The van der Waals surface area contributed by atoms with Crippen molar-refractivity contribution in [2.24, 2.45) is 11.1 Å². The third kappa shape index (κ3) is 2.39. The fourth-order valence-corrected chi connectivity index (χ4v) is 3.01. The number of nitrogens with zero attached hydrogens (tertiary/aromatic N) is 1. The first-order chi connectivity index (χ1) is 8.59. The van der Waals surface area contributed by atoms with E-state index in [2.05, 4.69) is 0 Å². The van der Waals surface area contributed by atoms with Crippen molar-refractivity contribution >= 4 is 5.91 Å². The van der Waals surface area contributed by atoms with Gasteiger partial charge in [-0.1, -0.05) is 12.8 Å². The van der Waals surface area contributed by atoms with Crippen molar-refractivity contribution in [3.63, 3.8) is 0 Å². The van der Waals surface area contributed by atoms with Crippen LogP contribution < -0.4 is 5.73 Å². The summed E-state index contributed by atoms with van der Waals surface area (Å²) < 4.78 is 5.35. The number of nitrogens with two attached hydrogens (primary N) is 1. The number of carbonyl (C=O) groups is 1. The Hall–Kier alpha value is -0.650. The topological polar surface area (TPSA) is 75.8 Å². The van der Waals surface area contributed by atoms with Crippen LogP contribution >= 0.6 is 0 Å². The van der Waals surface area contributed by atoms with Crippen LogP contribution in [0.5, 0.6) is 0 Å². The molecule has 1 heterocycles. The van der Waals surface area contributed by atoms with E-state index in [0.717, 1.165) is 12.8 Å². The van der Waals surface area contributed by atoms with Gasteiger partial charge in [0.15, 0.2) is 0 Å². The number of hydrogen-bond acceptors (Lipinski definition) is 4. The Morgan fingerprint density at radius 3 is 2.67 bits per heavy atom. The van der Waals surface area contributed by atoms with E-state index in [1.54, 1.807) is 0 Å². The summed E-state index contributed by atoms with van der Waals surface area (Å²) in [5, 5.41) is 9.18. The molecule has 2 fully saturated rings. The van der Waals surface area contributed by atoms with Crippen LogP contribution in [0.2, 0.25) is 0 Å². The van der Waals surface area contributed by atoms with Crippen molar-refractivity contribution in [1.29, 1.82) is 0 Å². The molecule has 1 aliphatic carbocycles. The van der Waals surface area contributed by atoms with Gasteiger partial charge in [-0.25, -0.2) is 0 Å². The highest BCUT2D eigenvalue weighted by Crippen LogP contribution is 2.33. The fraction of sp³-hybridized carbons (Fsp3) is 0.923. The lowest BCUT2D eigenvalue weighted by Crippen LogP contribution is -2.54. The Morgan fingerprint density at radius 2 is 2.17 bits per heavy atom. The molecule has 1 saturated carbocycles.